The number of carbonyl (C=O) groups excluding carboxylic acids is 1. The SMILES string of the molecule is O=C1Nc2ccccc2CCC1NCCC1CCOC1. The van der Waals surface area contributed by atoms with Crippen molar-refractivity contribution in [2.75, 3.05) is 25.1 Å². The number of ether oxygens (including phenoxy) is 1. The number of fused-ring (bicyclic) bond motifs is 1. The maximum atomic E-state index is 12.2. The van der Waals surface area contributed by atoms with Gasteiger partial charge in [-0.25, -0.2) is 0 Å². The number of aryl methyl sites for hydroxylation is 1. The highest BCUT2D eigenvalue weighted by Gasteiger charge is 2.23. The van der Waals surface area contributed by atoms with Crippen molar-refractivity contribution in [3.8, 4) is 0 Å². The minimum Gasteiger partial charge on any atom is -0.381 e. The van der Waals surface area contributed by atoms with Crippen LogP contribution in [0.4, 0.5) is 5.69 Å². The second-order valence-electron chi connectivity index (χ2n) is 5.71. The zero-order valence-electron chi connectivity index (χ0n) is 11.7. The van der Waals surface area contributed by atoms with E-state index < -0.39 is 0 Å². The van der Waals surface area contributed by atoms with E-state index in [4.69, 9.17) is 4.74 Å². The fourth-order valence-electron chi connectivity index (χ4n) is 2.98. The fraction of sp³-hybridized carbons (Fsp3) is 0.562. The Morgan fingerprint density at radius 1 is 1.30 bits per heavy atom. The first-order valence-corrected chi connectivity index (χ1v) is 7.53. The normalized spacial score (nSPS) is 25.9. The summed E-state index contributed by atoms with van der Waals surface area (Å²) in [7, 11) is 0. The van der Waals surface area contributed by atoms with Gasteiger partial charge in [-0.3, -0.25) is 4.79 Å². The molecule has 2 N–H and O–H groups in total. The molecular weight excluding hydrogens is 252 g/mol. The maximum absolute atomic E-state index is 12.2. The number of hydrogen-bond acceptors (Lipinski definition) is 3. The molecule has 0 aliphatic carbocycles. The van der Waals surface area contributed by atoms with Crippen molar-refractivity contribution >= 4 is 11.6 Å². The van der Waals surface area contributed by atoms with Crippen molar-refractivity contribution in [3.05, 3.63) is 29.8 Å². The van der Waals surface area contributed by atoms with Crippen LogP contribution in [-0.2, 0) is 16.0 Å². The van der Waals surface area contributed by atoms with Gasteiger partial charge in [0, 0.05) is 18.9 Å². The van der Waals surface area contributed by atoms with Gasteiger partial charge in [0.15, 0.2) is 0 Å². The highest BCUT2D eigenvalue weighted by Crippen LogP contribution is 2.21. The average Bonchev–Trinajstić information content (AvgIpc) is 2.91. The summed E-state index contributed by atoms with van der Waals surface area (Å²) in [4.78, 5) is 12.2. The van der Waals surface area contributed by atoms with Crippen molar-refractivity contribution in [2.24, 2.45) is 5.92 Å². The lowest BCUT2D eigenvalue weighted by Gasteiger charge is -2.16. The van der Waals surface area contributed by atoms with Gasteiger partial charge in [0.1, 0.15) is 0 Å². The third-order valence-electron chi connectivity index (χ3n) is 4.26. The summed E-state index contributed by atoms with van der Waals surface area (Å²) in [5.41, 5.74) is 2.19. The molecular formula is C16H22N2O2. The largest absolute Gasteiger partial charge is 0.381 e. The summed E-state index contributed by atoms with van der Waals surface area (Å²) >= 11 is 0. The molecule has 108 valence electrons. The van der Waals surface area contributed by atoms with E-state index in [-0.39, 0.29) is 11.9 Å². The van der Waals surface area contributed by atoms with E-state index in [9.17, 15) is 4.79 Å². The van der Waals surface area contributed by atoms with E-state index in [2.05, 4.69) is 16.7 Å². The highest BCUT2D eigenvalue weighted by atomic mass is 16.5. The van der Waals surface area contributed by atoms with Gasteiger partial charge in [0.25, 0.3) is 0 Å². The zero-order valence-corrected chi connectivity index (χ0v) is 11.7. The number of anilines is 1. The third kappa shape index (κ3) is 3.19. The van der Waals surface area contributed by atoms with Crippen LogP contribution in [-0.4, -0.2) is 31.7 Å². The van der Waals surface area contributed by atoms with Crippen LogP contribution in [0, 0.1) is 5.92 Å². The Balaban J connectivity index is 1.52. The smallest absolute Gasteiger partial charge is 0.241 e. The highest BCUT2D eigenvalue weighted by molar-refractivity contribution is 5.96. The van der Waals surface area contributed by atoms with E-state index in [1.54, 1.807) is 0 Å². The van der Waals surface area contributed by atoms with E-state index in [1.807, 2.05) is 18.2 Å². The van der Waals surface area contributed by atoms with Gasteiger partial charge in [0.05, 0.1) is 6.04 Å². The summed E-state index contributed by atoms with van der Waals surface area (Å²) in [6.07, 6.45) is 4.06. The van der Waals surface area contributed by atoms with Crippen LogP contribution in [0.25, 0.3) is 0 Å². The number of benzene rings is 1. The quantitative estimate of drug-likeness (QED) is 0.882. The standard InChI is InChI=1S/C16H22N2O2/c19-16-15(17-9-7-12-8-10-20-11-12)6-5-13-3-1-2-4-14(13)18-16/h1-4,12,15,17H,5-11H2,(H,18,19). The van der Waals surface area contributed by atoms with Crippen molar-refractivity contribution in [1.29, 1.82) is 0 Å². The predicted molar refractivity (Wildman–Crippen MR) is 78.7 cm³/mol. The Bertz CT molecular complexity index is 469. The molecule has 3 rings (SSSR count). The van der Waals surface area contributed by atoms with Gasteiger partial charge in [-0.05, 0) is 49.8 Å². The third-order valence-corrected chi connectivity index (χ3v) is 4.26. The van der Waals surface area contributed by atoms with Crippen LogP contribution in [0.1, 0.15) is 24.8 Å². The van der Waals surface area contributed by atoms with Crippen LogP contribution in [0.2, 0.25) is 0 Å². The fourth-order valence-corrected chi connectivity index (χ4v) is 2.98. The maximum Gasteiger partial charge on any atom is 0.241 e. The van der Waals surface area contributed by atoms with Crippen LogP contribution in [0.15, 0.2) is 24.3 Å². The molecule has 20 heavy (non-hydrogen) atoms. The van der Waals surface area contributed by atoms with Crippen LogP contribution in [0.5, 0.6) is 0 Å². The molecule has 0 aromatic heterocycles. The minimum absolute atomic E-state index is 0.0790. The van der Waals surface area contributed by atoms with Gasteiger partial charge in [-0.2, -0.15) is 0 Å². The average molecular weight is 274 g/mol. The molecule has 0 radical (unpaired) electrons. The van der Waals surface area contributed by atoms with Gasteiger partial charge < -0.3 is 15.4 Å². The predicted octanol–water partition coefficient (Wildman–Crippen LogP) is 1.96. The molecule has 0 saturated carbocycles. The lowest BCUT2D eigenvalue weighted by atomic mass is 10.0. The second kappa shape index (κ2) is 6.37. The number of rotatable bonds is 4. The number of carbonyl (C=O) groups is 1. The molecule has 2 unspecified atom stereocenters. The summed E-state index contributed by atoms with van der Waals surface area (Å²) < 4.78 is 5.38. The molecule has 4 heteroatoms. The van der Waals surface area contributed by atoms with Crippen molar-refractivity contribution in [3.63, 3.8) is 0 Å². The molecule has 1 aromatic carbocycles. The monoisotopic (exact) mass is 274 g/mol. The Morgan fingerprint density at radius 2 is 2.20 bits per heavy atom. The zero-order chi connectivity index (χ0) is 13.8. The molecule has 1 saturated heterocycles. The number of para-hydroxylation sites is 1. The summed E-state index contributed by atoms with van der Waals surface area (Å²) in [6.45, 7) is 2.66. The van der Waals surface area contributed by atoms with Gasteiger partial charge in [-0.15, -0.1) is 0 Å². The van der Waals surface area contributed by atoms with Crippen LogP contribution >= 0.6 is 0 Å². The molecule has 2 aliphatic heterocycles. The van der Waals surface area contributed by atoms with Crippen LogP contribution in [0.3, 0.4) is 0 Å². The summed E-state index contributed by atoms with van der Waals surface area (Å²) in [6, 6.07) is 7.98. The molecule has 2 aliphatic rings. The van der Waals surface area contributed by atoms with E-state index in [0.29, 0.717) is 5.92 Å². The molecule has 2 atom stereocenters. The molecule has 1 amide bonds. The van der Waals surface area contributed by atoms with Crippen molar-refractivity contribution in [1.82, 2.24) is 5.32 Å². The summed E-state index contributed by atoms with van der Waals surface area (Å²) in [5, 5.41) is 6.43. The Labute approximate surface area is 119 Å². The van der Waals surface area contributed by atoms with E-state index >= 15 is 0 Å². The summed E-state index contributed by atoms with van der Waals surface area (Å²) in [5.74, 6) is 0.756. The number of hydrogen-bond donors (Lipinski definition) is 2. The first-order chi connectivity index (χ1) is 9.83. The van der Waals surface area contributed by atoms with Gasteiger partial charge >= 0.3 is 0 Å². The number of amides is 1. The Hall–Kier alpha value is -1.39. The van der Waals surface area contributed by atoms with Crippen molar-refractivity contribution in [2.45, 2.75) is 31.7 Å². The lowest BCUT2D eigenvalue weighted by Crippen LogP contribution is -2.40. The molecule has 0 spiro atoms. The molecule has 0 bridgehead atoms. The first kappa shape index (κ1) is 13.6. The first-order valence-electron chi connectivity index (χ1n) is 7.53. The van der Waals surface area contributed by atoms with E-state index in [1.165, 1.54) is 5.56 Å². The van der Waals surface area contributed by atoms with Crippen LogP contribution < -0.4 is 10.6 Å². The van der Waals surface area contributed by atoms with Gasteiger partial charge in [-0.1, -0.05) is 18.2 Å². The van der Waals surface area contributed by atoms with Gasteiger partial charge in [0.2, 0.25) is 5.91 Å². The molecule has 4 nitrogen and oxygen atoms in total. The Kier molecular flexibility index (Phi) is 4.33. The van der Waals surface area contributed by atoms with E-state index in [0.717, 1.165) is 51.1 Å². The topological polar surface area (TPSA) is 50.4 Å². The Morgan fingerprint density at radius 3 is 3.05 bits per heavy atom. The number of nitrogens with one attached hydrogen (secondary N) is 2. The van der Waals surface area contributed by atoms with Crippen molar-refractivity contribution < 1.29 is 9.53 Å². The molecule has 1 fully saturated rings. The molecule has 1 aromatic rings. The lowest BCUT2D eigenvalue weighted by molar-refractivity contribution is -0.118. The minimum atomic E-state index is -0.0790. The second-order valence-corrected chi connectivity index (χ2v) is 5.71. The molecule has 2 heterocycles.